The van der Waals surface area contributed by atoms with Crippen LogP contribution in [0, 0.1) is 28.5 Å². The maximum absolute atomic E-state index is 13.5. The Morgan fingerprint density at radius 3 is 2.59 bits per heavy atom. The minimum absolute atomic E-state index is 0.173. The third-order valence-corrected chi connectivity index (χ3v) is 4.67. The summed E-state index contributed by atoms with van der Waals surface area (Å²) >= 11 is 6.28. The topological polar surface area (TPSA) is 62.5 Å². The highest BCUT2D eigenvalue weighted by Gasteiger charge is 2.39. The van der Waals surface area contributed by atoms with Crippen LogP contribution in [0.15, 0.2) is 34.5 Å². The van der Waals surface area contributed by atoms with Gasteiger partial charge in [0.25, 0.3) is 0 Å². The van der Waals surface area contributed by atoms with Gasteiger partial charge < -0.3 is 4.74 Å². The van der Waals surface area contributed by atoms with E-state index in [2.05, 4.69) is 11.1 Å². The molecule has 0 aliphatic carbocycles. The molecule has 2 unspecified atom stereocenters. The second kappa shape index (κ2) is 8.22. The maximum atomic E-state index is 13.5. The Morgan fingerprint density at radius 1 is 1.41 bits per heavy atom. The smallest absolute Gasteiger partial charge is 0.336 e. The molecule has 1 heterocycles. The van der Waals surface area contributed by atoms with E-state index in [1.54, 1.807) is 6.92 Å². The zero-order chi connectivity index (χ0) is 20.4. The Balaban J connectivity index is 2.60. The molecular weight excluding hydrogens is 367 g/mol. The van der Waals surface area contributed by atoms with Gasteiger partial charge in [-0.25, -0.2) is 9.18 Å². The molecule has 2 atom stereocenters. The van der Waals surface area contributed by atoms with Crippen LogP contribution in [-0.4, -0.2) is 18.3 Å². The van der Waals surface area contributed by atoms with Gasteiger partial charge in [0.1, 0.15) is 5.82 Å². The number of allylic oxidation sites excluding steroid dienone is 1. The normalized spacial score (nSPS) is 20.1. The molecule has 1 aliphatic rings. The molecule has 27 heavy (non-hydrogen) atoms. The third kappa shape index (κ3) is 4.75. The van der Waals surface area contributed by atoms with Crippen LogP contribution >= 0.6 is 11.6 Å². The number of halogens is 2. The van der Waals surface area contributed by atoms with Crippen molar-refractivity contribution < 1.29 is 13.9 Å². The van der Waals surface area contributed by atoms with Gasteiger partial charge in [-0.2, -0.15) is 5.26 Å². The summed E-state index contributed by atoms with van der Waals surface area (Å²) in [4.78, 5) is 17.4. The number of nitrogens with zero attached hydrogens (tertiary/aromatic N) is 2. The van der Waals surface area contributed by atoms with Gasteiger partial charge in [-0.15, -0.1) is 0 Å². The molecule has 0 bridgehead atoms. The second-order valence-corrected chi connectivity index (χ2v) is 8.26. The third-order valence-electron chi connectivity index (χ3n) is 4.34. The van der Waals surface area contributed by atoms with E-state index >= 15 is 0 Å². The molecule has 0 radical (unpaired) electrons. The molecule has 0 N–H and O–H groups in total. The first-order chi connectivity index (χ1) is 12.6. The Morgan fingerprint density at radius 2 is 2.07 bits per heavy atom. The Bertz CT molecular complexity index is 847. The molecule has 0 saturated carbocycles. The van der Waals surface area contributed by atoms with E-state index in [4.69, 9.17) is 16.3 Å². The van der Waals surface area contributed by atoms with Gasteiger partial charge in [0.05, 0.1) is 29.9 Å². The lowest BCUT2D eigenvalue weighted by Gasteiger charge is -2.31. The summed E-state index contributed by atoms with van der Waals surface area (Å²) in [6, 6.07) is 6.21. The predicted molar refractivity (Wildman–Crippen MR) is 104 cm³/mol. The van der Waals surface area contributed by atoms with Crippen LogP contribution in [-0.2, 0) is 9.53 Å². The number of nitriles is 1. The zero-order valence-electron chi connectivity index (χ0n) is 16.3. The van der Waals surface area contributed by atoms with Gasteiger partial charge in [-0.1, -0.05) is 45.4 Å². The number of hydrogen-bond donors (Lipinski definition) is 0. The molecular formula is C21H24ClFN2O2. The molecule has 1 aliphatic heterocycles. The van der Waals surface area contributed by atoms with Crippen molar-refractivity contribution in [2.45, 2.75) is 47.0 Å². The SMILES string of the molecule is CCC1=C(C(=O)OCC(C)(C)C)C(c2ccc(F)cc2Cl)C(C#N)C(C)=N1. The summed E-state index contributed by atoms with van der Waals surface area (Å²) in [6.45, 7) is 9.77. The van der Waals surface area contributed by atoms with Crippen molar-refractivity contribution in [1.82, 2.24) is 0 Å². The molecule has 0 amide bonds. The lowest BCUT2D eigenvalue weighted by molar-refractivity contribution is -0.142. The summed E-state index contributed by atoms with van der Waals surface area (Å²) in [5.41, 5.74) is 1.82. The highest BCUT2D eigenvalue weighted by molar-refractivity contribution is 6.31. The minimum atomic E-state index is -0.680. The number of carbonyl (C=O) groups excluding carboxylic acids is 1. The van der Waals surface area contributed by atoms with Crippen molar-refractivity contribution in [2.75, 3.05) is 6.61 Å². The molecule has 4 nitrogen and oxygen atoms in total. The summed E-state index contributed by atoms with van der Waals surface area (Å²) in [5.74, 6) is -2.32. The van der Waals surface area contributed by atoms with Gasteiger partial charge in [-0.05, 0) is 36.5 Å². The number of ether oxygens (including phenoxy) is 1. The van der Waals surface area contributed by atoms with E-state index in [1.165, 1.54) is 18.2 Å². The highest BCUT2D eigenvalue weighted by atomic mass is 35.5. The van der Waals surface area contributed by atoms with Crippen molar-refractivity contribution in [3.05, 3.63) is 45.9 Å². The van der Waals surface area contributed by atoms with E-state index in [9.17, 15) is 14.4 Å². The van der Waals surface area contributed by atoms with Crippen LogP contribution in [0.3, 0.4) is 0 Å². The fourth-order valence-electron chi connectivity index (χ4n) is 3.06. The minimum Gasteiger partial charge on any atom is -0.462 e. The lowest BCUT2D eigenvalue weighted by atomic mass is 9.76. The van der Waals surface area contributed by atoms with Crippen molar-refractivity contribution >= 4 is 23.3 Å². The van der Waals surface area contributed by atoms with Gasteiger partial charge in [0.2, 0.25) is 0 Å². The molecule has 144 valence electrons. The number of carbonyl (C=O) groups is 1. The Labute approximate surface area is 164 Å². The predicted octanol–water partition coefficient (Wildman–Crippen LogP) is 5.43. The van der Waals surface area contributed by atoms with E-state index in [0.717, 1.165) is 0 Å². The van der Waals surface area contributed by atoms with E-state index in [0.29, 0.717) is 29.0 Å². The summed E-state index contributed by atoms with van der Waals surface area (Å²) in [6.07, 6.45) is 0.505. The summed E-state index contributed by atoms with van der Waals surface area (Å²) in [5, 5.41) is 9.91. The Kier molecular flexibility index (Phi) is 6.43. The standard InChI is InChI=1S/C21H24ClFN2O2/c1-6-17-19(20(26)27-11-21(3,4)5)18(15(10-24)12(2)25-17)14-8-7-13(23)9-16(14)22/h7-9,15,18H,6,11H2,1-5H3. The average molecular weight is 391 g/mol. The van der Waals surface area contributed by atoms with Gasteiger partial charge in [0, 0.05) is 16.7 Å². The molecule has 0 fully saturated rings. The molecule has 1 aromatic rings. The van der Waals surface area contributed by atoms with Crippen molar-refractivity contribution in [3.8, 4) is 6.07 Å². The fourth-order valence-corrected chi connectivity index (χ4v) is 3.35. The fraction of sp³-hybridized carbons (Fsp3) is 0.476. The first-order valence-corrected chi connectivity index (χ1v) is 9.26. The zero-order valence-corrected chi connectivity index (χ0v) is 17.0. The van der Waals surface area contributed by atoms with Crippen LogP contribution < -0.4 is 0 Å². The maximum Gasteiger partial charge on any atom is 0.336 e. The molecule has 0 saturated heterocycles. The summed E-state index contributed by atoms with van der Waals surface area (Å²) < 4.78 is 19.1. The monoisotopic (exact) mass is 390 g/mol. The first kappa shape index (κ1) is 21.1. The molecule has 0 aromatic heterocycles. The van der Waals surface area contributed by atoms with E-state index in [-0.39, 0.29) is 17.0 Å². The lowest BCUT2D eigenvalue weighted by Crippen LogP contribution is -2.31. The second-order valence-electron chi connectivity index (χ2n) is 7.85. The highest BCUT2D eigenvalue weighted by Crippen LogP contribution is 2.42. The summed E-state index contributed by atoms with van der Waals surface area (Å²) in [7, 11) is 0. The van der Waals surface area contributed by atoms with E-state index < -0.39 is 23.6 Å². The molecule has 2 rings (SSSR count). The number of aliphatic imine (C=N–C) groups is 1. The van der Waals surface area contributed by atoms with Crippen LogP contribution in [0.4, 0.5) is 4.39 Å². The average Bonchev–Trinajstić information content (AvgIpc) is 2.58. The van der Waals surface area contributed by atoms with Crippen LogP contribution in [0.25, 0.3) is 0 Å². The Hall–Kier alpha value is -2.19. The van der Waals surface area contributed by atoms with Gasteiger partial charge in [-0.3, -0.25) is 4.99 Å². The first-order valence-electron chi connectivity index (χ1n) is 8.89. The van der Waals surface area contributed by atoms with Gasteiger partial charge >= 0.3 is 5.97 Å². The van der Waals surface area contributed by atoms with Crippen molar-refractivity contribution in [3.63, 3.8) is 0 Å². The number of hydrogen-bond acceptors (Lipinski definition) is 4. The van der Waals surface area contributed by atoms with Crippen molar-refractivity contribution in [1.29, 1.82) is 5.26 Å². The number of rotatable bonds is 4. The molecule has 0 spiro atoms. The molecule has 1 aromatic carbocycles. The number of benzene rings is 1. The van der Waals surface area contributed by atoms with E-state index in [1.807, 2.05) is 27.7 Å². The van der Waals surface area contributed by atoms with Crippen LogP contribution in [0.2, 0.25) is 5.02 Å². The quantitative estimate of drug-likeness (QED) is 0.644. The van der Waals surface area contributed by atoms with Gasteiger partial charge in [0.15, 0.2) is 0 Å². The van der Waals surface area contributed by atoms with Crippen LogP contribution in [0.5, 0.6) is 0 Å². The van der Waals surface area contributed by atoms with Crippen LogP contribution in [0.1, 0.15) is 52.5 Å². The number of esters is 1. The molecule has 6 heteroatoms. The largest absolute Gasteiger partial charge is 0.462 e. The van der Waals surface area contributed by atoms with Crippen molar-refractivity contribution in [2.24, 2.45) is 16.3 Å².